The Kier molecular flexibility index (Phi) is 5.12. The Balaban J connectivity index is 1.35. The SMILES string of the molecule is Cc1ccc(C)c2c(C)c(C(=O)N3C[C@H]4C[C@@H](N5CCOCC5)[C@H](O)C[C@H]4C3)[nH]c12. The van der Waals surface area contributed by atoms with Gasteiger partial charge in [-0.25, -0.2) is 0 Å². The van der Waals surface area contributed by atoms with Gasteiger partial charge in [0.25, 0.3) is 5.91 Å². The molecule has 1 amide bonds. The number of hydrogen-bond acceptors (Lipinski definition) is 4. The summed E-state index contributed by atoms with van der Waals surface area (Å²) in [7, 11) is 0. The van der Waals surface area contributed by atoms with E-state index in [0.717, 1.165) is 69.0 Å². The predicted molar refractivity (Wildman–Crippen MR) is 117 cm³/mol. The second-order valence-corrected chi connectivity index (χ2v) is 9.56. The number of aliphatic hydroxyl groups is 1. The molecule has 162 valence electrons. The molecule has 6 heteroatoms. The van der Waals surface area contributed by atoms with Crippen LogP contribution in [-0.2, 0) is 4.74 Å². The lowest BCUT2D eigenvalue weighted by atomic mass is 9.77. The average Bonchev–Trinajstić information content (AvgIpc) is 3.32. The monoisotopic (exact) mass is 411 g/mol. The molecule has 0 bridgehead atoms. The van der Waals surface area contributed by atoms with Crippen molar-refractivity contribution in [3.8, 4) is 0 Å². The zero-order chi connectivity index (χ0) is 21.0. The summed E-state index contributed by atoms with van der Waals surface area (Å²) in [5.74, 6) is 0.974. The van der Waals surface area contributed by atoms with Crippen LogP contribution >= 0.6 is 0 Å². The third-order valence-electron chi connectivity index (χ3n) is 7.75. The highest BCUT2D eigenvalue weighted by atomic mass is 16.5. The van der Waals surface area contributed by atoms with Crippen LogP contribution in [-0.4, -0.2) is 77.3 Å². The highest BCUT2D eigenvalue weighted by Crippen LogP contribution is 2.39. The Morgan fingerprint density at radius 3 is 2.43 bits per heavy atom. The number of fused-ring (bicyclic) bond motifs is 2. The molecule has 2 N–H and O–H groups in total. The number of aromatic amines is 1. The molecule has 0 spiro atoms. The van der Waals surface area contributed by atoms with Crippen molar-refractivity contribution in [3.63, 3.8) is 0 Å². The Bertz CT molecular complexity index is 962. The second-order valence-electron chi connectivity index (χ2n) is 9.56. The van der Waals surface area contributed by atoms with Crippen molar-refractivity contribution in [2.75, 3.05) is 39.4 Å². The van der Waals surface area contributed by atoms with Gasteiger partial charge in [0.2, 0.25) is 0 Å². The molecule has 0 radical (unpaired) electrons. The number of nitrogens with zero attached hydrogens (tertiary/aromatic N) is 2. The summed E-state index contributed by atoms with van der Waals surface area (Å²) in [6, 6.07) is 4.44. The van der Waals surface area contributed by atoms with E-state index in [2.05, 4.69) is 42.8 Å². The standard InChI is InChI=1S/C24H33N3O3/c1-14-4-5-15(2)22-21(14)16(3)23(25-22)24(29)27-12-17-10-19(20(28)11-18(17)13-27)26-6-8-30-9-7-26/h4-5,17-20,25,28H,6-13H2,1-3H3/t17-,18+,19-,20-/m1/s1. The van der Waals surface area contributed by atoms with E-state index in [1.807, 2.05) is 4.90 Å². The molecule has 2 aliphatic heterocycles. The molecule has 2 saturated heterocycles. The Hall–Kier alpha value is -1.89. The van der Waals surface area contributed by atoms with Crippen LogP contribution in [0.4, 0.5) is 0 Å². The normalized spacial score (nSPS) is 30.1. The minimum atomic E-state index is -0.306. The number of ether oxygens (including phenoxy) is 1. The van der Waals surface area contributed by atoms with E-state index in [1.165, 1.54) is 16.5 Å². The summed E-state index contributed by atoms with van der Waals surface area (Å²) in [4.78, 5) is 21.3. The zero-order valence-electron chi connectivity index (χ0n) is 18.3. The predicted octanol–water partition coefficient (Wildman–Crippen LogP) is 2.64. The van der Waals surface area contributed by atoms with Crippen molar-refractivity contribution in [1.29, 1.82) is 0 Å². The van der Waals surface area contributed by atoms with Crippen LogP contribution < -0.4 is 0 Å². The summed E-state index contributed by atoms with van der Waals surface area (Å²) in [6.07, 6.45) is 1.46. The number of likely N-dealkylation sites (tertiary alicyclic amines) is 1. The van der Waals surface area contributed by atoms with Crippen LogP contribution in [0, 0.1) is 32.6 Å². The maximum Gasteiger partial charge on any atom is 0.270 e. The second kappa shape index (κ2) is 7.66. The van der Waals surface area contributed by atoms with Crippen molar-refractivity contribution >= 4 is 16.8 Å². The van der Waals surface area contributed by atoms with E-state index >= 15 is 0 Å². The van der Waals surface area contributed by atoms with Crippen molar-refractivity contribution in [2.45, 2.75) is 45.8 Å². The van der Waals surface area contributed by atoms with Crippen molar-refractivity contribution in [2.24, 2.45) is 11.8 Å². The van der Waals surface area contributed by atoms with E-state index in [-0.39, 0.29) is 18.1 Å². The van der Waals surface area contributed by atoms with E-state index < -0.39 is 0 Å². The van der Waals surface area contributed by atoms with Crippen LogP contribution in [0.15, 0.2) is 12.1 Å². The van der Waals surface area contributed by atoms with Gasteiger partial charge in [0.05, 0.1) is 19.3 Å². The van der Waals surface area contributed by atoms with Gasteiger partial charge in [-0.05, 0) is 62.1 Å². The Labute approximate surface area is 178 Å². The van der Waals surface area contributed by atoms with Crippen molar-refractivity contribution in [1.82, 2.24) is 14.8 Å². The number of H-pyrrole nitrogens is 1. The molecule has 1 aromatic carbocycles. The minimum absolute atomic E-state index is 0.106. The van der Waals surface area contributed by atoms with E-state index in [0.29, 0.717) is 11.8 Å². The number of aryl methyl sites for hydroxylation is 3. The molecule has 3 aliphatic rings. The van der Waals surface area contributed by atoms with Crippen LogP contribution in [0.1, 0.15) is 40.0 Å². The lowest BCUT2D eigenvalue weighted by Gasteiger charge is -2.43. The number of hydrogen-bond donors (Lipinski definition) is 2. The van der Waals surface area contributed by atoms with Crippen LogP contribution in [0.5, 0.6) is 0 Å². The fraction of sp³-hybridized carbons (Fsp3) is 0.625. The summed E-state index contributed by atoms with van der Waals surface area (Å²) in [5, 5.41) is 12.0. The average molecular weight is 412 g/mol. The molecule has 1 aromatic heterocycles. The maximum absolute atomic E-state index is 13.5. The first-order chi connectivity index (χ1) is 14.4. The number of carbonyl (C=O) groups excluding carboxylic acids is 1. The van der Waals surface area contributed by atoms with E-state index in [9.17, 15) is 9.90 Å². The lowest BCUT2D eigenvalue weighted by molar-refractivity contribution is -0.0520. The van der Waals surface area contributed by atoms with Crippen LogP contribution in [0.25, 0.3) is 10.9 Å². The summed E-state index contributed by atoms with van der Waals surface area (Å²) in [5.41, 5.74) is 5.23. The van der Waals surface area contributed by atoms with E-state index in [4.69, 9.17) is 4.74 Å². The number of morpholine rings is 1. The Morgan fingerprint density at radius 1 is 1.07 bits per heavy atom. The van der Waals surface area contributed by atoms with Gasteiger partial charge in [-0.3, -0.25) is 9.69 Å². The first kappa shape index (κ1) is 20.0. The van der Waals surface area contributed by atoms with Gasteiger partial charge in [-0.15, -0.1) is 0 Å². The highest BCUT2D eigenvalue weighted by molar-refractivity contribution is 6.02. The van der Waals surface area contributed by atoms with Crippen LogP contribution in [0.2, 0.25) is 0 Å². The summed E-state index contributed by atoms with van der Waals surface area (Å²) >= 11 is 0. The largest absolute Gasteiger partial charge is 0.391 e. The van der Waals surface area contributed by atoms with Gasteiger partial charge in [0, 0.05) is 43.1 Å². The number of carbonyl (C=O) groups is 1. The molecular formula is C24H33N3O3. The molecule has 2 aromatic rings. The fourth-order valence-electron chi connectivity index (χ4n) is 6.05. The number of aromatic nitrogens is 1. The lowest BCUT2D eigenvalue weighted by Crippen LogP contribution is -2.53. The fourth-order valence-corrected chi connectivity index (χ4v) is 6.05. The van der Waals surface area contributed by atoms with Gasteiger partial charge in [0.1, 0.15) is 5.69 Å². The molecule has 4 atom stereocenters. The third-order valence-corrected chi connectivity index (χ3v) is 7.75. The highest BCUT2D eigenvalue weighted by Gasteiger charge is 2.45. The number of aliphatic hydroxyl groups excluding tert-OH is 1. The van der Waals surface area contributed by atoms with Gasteiger partial charge in [0.15, 0.2) is 0 Å². The minimum Gasteiger partial charge on any atom is -0.391 e. The van der Waals surface area contributed by atoms with E-state index in [1.54, 1.807) is 0 Å². The Morgan fingerprint density at radius 2 is 1.73 bits per heavy atom. The maximum atomic E-state index is 13.5. The van der Waals surface area contributed by atoms with Gasteiger partial charge < -0.3 is 19.7 Å². The summed E-state index contributed by atoms with van der Waals surface area (Å²) in [6.45, 7) is 11.1. The molecule has 3 heterocycles. The number of nitrogens with one attached hydrogen (secondary N) is 1. The molecule has 5 rings (SSSR count). The smallest absolute Gasteiger partial charge is 0.270 e. The topological polar surface area (TPSA) is 68.8 Å². The molecule has 1 aliphatic carbocycles. The molecule has 0 unspecified atom stereocenters. The first-order valence-corrected chi connectivity index (χ1v) is 11.3. The number of rotatable bonds is 2. The molecular weight excluding hydrogens is 378 g/mol. The van der Waals surface area contributed by atoms with Crippen molar-refractivity contribution in [3.05, 3.63) is 34.5 Å². The van der Waals surface area contributed by atoms with Crippen LogP contribution in [0.3, 0.4) is 0 Å². The van der Waals surface area contributed by atoms with Gasteiger partial charge in [-0.2, -0.15) is 0 Å². The number of amides is 1. The van der Waals surface area contributed by atoms with Crippen molar-refractivity contribution < 1.29 is 14.6 Å². The molecule has 3 fully saturated rings. The molecule has 6 nitrogen and oxygen atoms in total. The third kappa shape index (κ3) is 3.26. The summed E-state index contributed by atoms with van der Waals surface area (Å²) < 4.78 is 5.48. The molecule has 1 saturated carbocycles. The first-order valence-electron chi connectivity index (χ1n) is 11.3. The van der Waals surface area contributed by atoms with Gasteiger partial charge >= 0.3 is 0 Å². The zero-order valence-corrected chi connectivity index (χ0v) is 18.3. The van der Waals surface area contributed by atoms with Gasteiger partial charge in [-0.1, -0.05) is 12.1 Å². The quantitative estimate of drug-likeness (QED) is 0.797. The molecule has 30 heavy (non-hydrogen) atoms. The number of benzene rings is 1.